The van der Waals surface area contributed by atoms with Gasteiger partial charge in [0.2, 0.25) is 0 Å². The lowest BCUT2D eigenvalue weighted by Gasteiger charge is -2.18. The van der Waals surface area contributed by atoms with Gasteiger partial charge in [-0.05, 0) is 36.1 Å². The number of alkyl halides is 2. The van der Waals surface area contributed by atoms with E-state index in [1.165, 1.54) is 18.2 Å². The van der Waals surface area contributed by atoms with Gasteiger partial charge in [-0.25, -0.2) is 22.0 Å². The van der Waals surface area contributed by atoms with Gasteiger partial charge in [0.1, 0.15) is 5.82 Å². The van der Waals surface area contributed by atoms with Crippen molar-refractivity contribution in [1.29, 1.82) is 0 Å². The Morgan fingerprint density at radius 2 is 1.38 bits per heavy atom. The van der Waals surface area contributed by atoms with Crippen LogP contribution in [0.3, 0.4) is 0 Å². The van der Waals surface area contributed by atoms with E-state index in [-0.39, 0.29) is 17.5 Å². The van der Waals surface area contributed by atoms with Gasteiger partial charge in [0, 0.05) is 24.0 Å². The van der Waals surface area contributed by atoms with Crippen molar-refractivity contribution in [2.24, 2.45) is 0 Å². The molecule has 32 heavy (non-hydrogen) atoms. The minimum atomic E-state index is -3.12. The van der Waals surface area contributed by atoms with E-state index in [0.29, 0.717) is 18.4 Å². The Morgan fingerprint density at radius 1 is 0.719 bits per heavy atom. The predicted molar refractivity (Wildman–Crippen MR) is 119 cm³/mol. The molecule has 0 amide bonds. The number of aryl methyl sites for hydroxylation is 1. The maximum absolute atomic E-state index is 14.8. The summed E-state index contributed by atoms with van der Waals surface area (Å²) in [5, 5.41) is 0. The molecule has 0 fully saturated rings. The highest BCUT2D eigenvalue weighted by molar-refractivity contribution is 5.71. The fraction of sp³-hybridized carbons (Fsp3) is 0.333. The van der Waals surface area contributed by atoms with E-state index >= 15 is 0 Å². The van der Waals surface area contributed by atoms with Crippen LogP contribution in [0.25, 0.3) is 22.3 Å². The fourth-order valence-electron chi connectivity index (χ4n) is 3.77. The monoisotopic (exact) mass is 446 g/mol. The van der Waals surface area contributed by atoms with Crippen LogP contribution in [0, 0.1) is 24.4 Å². The highest BCUT2D eigenvalue weighted by Gasteiger charge is 2.31. The molecule has 0 aliphatic heterocycles. The van der Waals surface area contributed by atoms with Crippen LogP contribution in [0.4, 0.5) is 22.0 Å². The first-order valence-corrected chi connectivity index (χ1v) is 10.9. The summed E-state index contributed by atoms with van der Waals surface area (Å²) in [6.07, 6.45) is 1.56. The average Bonchev–Trinajstić information content (AvgIpc) is 2.76. The van der Waals surface area contributed by atoms with Crippen LogP contribution in [-0.4, -0.2) is 5.92 Å². The summed E-state index contributed by atoms with van der Waals surface area (Å²) in [6.45, 7) is 3.92. The molecule has 0 spiro atoms. The molecule has 0 saturated carbocycles. The molecule has 0 aliphatic carbocycles. The molecule has 170 valence electrons. The van der Waals surface area contributed by atoms with Crippen molar-refractivity contribution in [3.63, 3.8) is 0 Å². The largest absolute Gasteiger partial charge is 0.252 e. The van der Waals surface area contributed by atoms with Gasteiger partial charge in [0.15, 0.2) is 11.6 Å². The highest BCUT2D eigenvalue weighted by atomic mass is 19.3. The van der Waals surface area contributed by atoms with E-state index in [1.807, 2.05) is 38.1 Å². The molecule has 0 N–H and O–H groups in total. The van der Waals surface area contributed by atoms with E-state index in [2.05, 4.69) is 0 Å². The zero-order valence-electron chi connectivity index (χ0n) is 18.3. The average molecular weight is 447 g/mol. The Balaban J connectivity index is 1.82. The van der Waals surface area contributed by atoms with E-state index in [0.717, 1.165) is 30.0 Å². The smallest absolute Gasteiger partial charge is 0.207 e. The van der Waals surface area contributed by atoms with E-state index < -0.39 is 35.4 Å². The number of hydrogen-bond acceptors (Lipinski definition) is 0. The van der Waals surface area contributed by atoms with Crippen molar-refractivity contribution in [2.75, 3.05) is 0 Å². The minimum absolute atomic E-state index is 0.116. The van der Waals surface area contributed by atoms with Gasteiger partial charge in [-0.2, -0.15) is 0 Å². The number of unbranched alkanes of at least 4 members (excludes halogenated alkanes) is 3. The molecule has 0 bridgehead atoms. The summed E-state index contributed by atoms with van der Waals surface area (Å²) in [7, 11) is 0. The molecule has 3 aromatic rings. The number of benzene rings is 3. The molecule has 0 aromatic heterocycles. The molecule has 0 nitrogen and oxygen atoms in total. The first-order valence-electron chi connectivity index (χ1n) is 10.9. The first kappa shape index (κ1) is 24.0. The van der Waals surface area contributed by atoms with Gasteiger partial charge in [-0.3, -0.25) is 0 Å². The molecule has 3 aromatic carbocycles. The first-order chi connectivity index (χ1) is 15.2. The number of rotatable bonds is 9. The van der Waals surface area contributed by atoms with Crippen LogP contribution < -0.4 is 0 Å². The lowest BCUT2D eigenvalue weighted by molar-refractivity contribution is -0.0103. The number of halogens is 5. The van der Waals surface area contributed by atoms with Crippen LogP contribution in [0.1, 0.15) is 50.2 Å². The third-order valence-electron chi connectivity index (χ3n) is 5.65. The van der Waals surface area contributed by atoms with Crippen molar-refractivity contribution in [2.45, 2.75) is 58.3 Å². The fourth-order valence-corrected chi connectivity index (χ4v) is 3.77. The highest BCUT2D eigenvalue weighted by Crippen LogP contribution is 2.34. The minimum Gasteiger partial charge on any atom is -0.207 e. The van der Waals surface area contributed by atoms with Crippen molar-refractivity contribution in [3.8, 4) is 22.3 Å². The van der Waals surface area contributed by atoms with E-state index in [9.17, 15) is 22.0 Å². The van der Waals surface area contributed by atoms with Crippen LogP contribution >= 0.6 is 0 Å². The topological polar surface area (TPSA) is 0 Å². The summed E-state index contributed by atoms with van der Waals surface area (Å²) >= 11 is 0. The van der Waals surface area contributed by atoms with Gasteiger partial charge in [-0.15, -0.1) is 0 Å². The van der Waals surface area contributed by atoms with Gasteiger partial charge >= 0.3 is 0 Å². The van der Waals surface area contributed by atoms with E-state index in [1.54, 1.807) is 6.07 Å². The molecule has 3 rings (SSSR count). The van der Waals surface area contributed by atoms with Crippen molar-refractivity contribution in [1.82, 2.24) is 0 Å². The normalized spacial score (nSPS) is 11.7. The SMILES string of the molecule is CCCCCCC(F)(F)Cc1ccc(-c2ccc(-c3ccc(C)cc3)cc2F)c(F)c1F. The molecule has 0 atom stereocenters. The van der Waals surface area contributed by atoms with Crippen LogP contribution in [0.5, 0.6) is 0 Å². The predicted octanol–water partition coefficient (Wildman–Crippen LogP) is 8.89. The second-order valence-corrected chi connectivity index (χ2v) is 8.30. The Kier molecular flexibility index (Phi) is 7.70. The quantitative estimate of drug-likeness (QED) is 0.227. The summed E-state index contributed by atoms with van der Waals surface area (Å²) in [6, 6.07) is 14.1. The van der Waals surface area contributed by atoms with Crippen LogP contribution in [0.2, 0.25) is 0 Å². The summed E-state index contributed by atoms with van der Waals surface area (Å²) in [5.74, 6) is -6.50. The third-order valence-corrected chi connectivity index (χ3v) is 5.65. The maximum atomic E-state index is 14.8. The number of hydrogen-bond donors (Lipinski definition) is 0. The summed E-state index contributed by atoms with van der Waals surface area (Å²) in [5.41, 5.74) is 1.66. The molecule has 0 aliphatic rings. The van der Waals surface area contributed by atoms with Crippen LogP contribution in [-0.2, 0) is 6.42 Å². The van der Waals surface area contributed by atoms with Gasteiger partial charge < -0.3 is 0 Å². The second kappa shape index (κ2) is 10.3. The standard InChI is InChI=1S/C27H27F5/c1-3-4-5-6-15-27(31,32)17-21-12-14-23(26(30)25(21)29)22-13-11-20(16-24(22)28)19-9-7-18(2)8-10-19/h7-14,16H,3-6,15,17H2,1-2H3. The molecular weight excluding hydrogens is 419 g/mol. The van der Waals surface area contributed by atoms with Crippen molar-refractivity contribution < 1.29 is 22.0 Å². The molecule has 0 radical (unpaired) electrons. The lowest BCUT2D eigenvalue weighted by Crippen LogP contribution is -2.20. The maximum Gasteiger partial charge on any atom is 0.252 e. The van der Waals surface area contributed by atoms with Crippen LogP contribution in [0.15, 0.2) is 54.6 Å². The van der Waals surface area contributed by atoms with E-state index in [4.69, 9.17) is 0 Å². The Morgan fingerprint density at radius 3 is 2.03 bits per heavy atom. The summed E-state index contributed by atoms with van der Waals surface area (Å²) in [4.78, 5) is 0. The Labute approximate surface area is 186 Å². The van der Waals surface area contributed by atoms with Crippen molar-refractivity contribution in [3.05, 3.63) is 83.2 Å². The summed E-state index contributed by atoms with van der Waals surface area (Å²) < 4.78 is 72.6. The lowest BCUT2D eigenvalue weighted by atomic mass is 9.95. The van der Waals surface area contributed by atoms with Gasteiger partial charge in [0.05, 0.1) is 0 Å². The molecule has 5 heteroatoms. The third kappa shape index (κ3) is 5.76. The molecule has 0 heterocycles. The molecule has 0 saturated heterocycles. The zero-order chi connectivity index (χ0) is 23.3. The molecular formula is C27H27F5. The van der Waals surface area contributed by atoms with Gasteiger partial charge in [-0.1, -0.05) is 80.3 Å². The zero-order valence-corrected chi connectivity index (χ0v) is 18.3. The molecule has 0 unspecified atom stereocenters. The Bertz CT molecular complexity index is 1050. The Hall–Kier alpha value is -2.69. The van der Waals surface area contributed by atoms with Crippen molar-refractivity contribution >= 4 is 0 Å². The second-order valence-electron chi connectivity index (χ2n) is 8.30. The van der Waals surface area contributed by atoms with Gasteiger partial charge in [0.25, 0.3) is 5.92 Å².